The number of ether oxygens (including phenoxy) is 1. The Balaban J connectivity index is 2.73. The lowest BCUT2D eigenvalue weighted by Crippen LogP contribution is -2.55. The van der Waals surface area contributed by atoms with Crippen molar-refractivity contribution in [3.63, 3.8) is 0 Å². The molecule has 10 heteroatoms. The van der Waals surface area contributed by atoms with Gasteiger partial charge in [-0.25, -0.2) is 9.59 Å². The topological polar surface area (TPSA) is 145 Å². The van der Waals surface area contributed by atoms with Crippen molar-refractivity contribution in [2.45, 2.75) is 84.6 Å². The molecule has 10 nitrogen and oxygen atoms in total. The molecule has 0 radical (unpaired) electrons. The zero-order valence-corrected chi connectivity index (χ0v) is 19.3. The molecule has 3 amide bonds. The van der Waals surface area contributed by atoms with Crippen LogP contribution in [0.3, 0.4) is 0 Å². The van der Waals surface area contributed by atoms with E-state index in [4.69, 9.17) is 9.84 Å². The Kier molecular flexibility index (Phi) is 9.73. The molecular formula is C21H37N3O7. The molecular weight excluding hydrogens is 406 g/mol. The number of nitrogens with one attached hydrogen (secondary N) is 2. The van der Waals surface area contributed by atoms with Gasteiger partial charge in [-0.15, -0.1) is 0 Å². The van der Waals surface area contributed by atoms with Gasteiger partial charge in [-0.2, -0.15) is 0 Å². The summed E-state index contributed by atoms with van der Waals surface area (Å²) in [4.78, 5) is 50.5. The molecule has 178 valence electrons. The highest BCUT2D eigenvalue weighted by Crippen LogP contribution is 2.21. The second-order valence-corrected chi connectivity index (χ2v) is 9.17. The van der Waals surface area contributed by atoms with Crippen molar-refractivity contribution < 1.29 is 34.1 Å². The zero-order valence-electron chi connectivity index (χ0n) is 19.3. The minimum Gasteiger partial charge on any atom is -0.480 e. The molecule has 1 aliphatic rings. The number of rotatable bonds is 8. The first-order chi connectivity index (χ1) is 14.3. The first kappa shape index (κ1) is 26.7. The monoisotopic (exact) mass is 443 g/mol. The number of carboxylic acid groups (broad SMARTS) is 1. The summed E-state index contributed by atoms with van der Waals surface area (Å²) in [6.45, 7) is 11.0. The van der Waals surface area contributed by atoms with Gasteiger partial charge in [-0.1, -0.05) is 20.3 Å². The van der Waals surface area contributed by atoms with Crippen LogP contribution in [0.2, 0.25) is 0 Å². The molecule has 4 N–H and O–H groups in total. The number of carbonyl (C=O) groups excluding carboxylic acids is 3. The van der Waals surface area contributed by atoms with E-state index in [1.807, 2.05) is 13.8 Å². The third kappa shape index (κ3) is 8.35. The van der Waals surface area contributed by atoms with Crippen molar-refractivity contribution in [2.24, 2.45) is 11.8 Å². The molecule has 0 unspecified atom stereocenters. The smallest absolute Gasteiger partial charge is 0.408 e. The summed E-state index contributed by atoms with van der Waals surface area (Å²) in [5.41, 5.74) is -0.682. The predicted molar refractivity (Wildman–Crippen MR) is 113 cm³/mol. The third-order valence-corrected chi connectivity index (χ3v) is 5.37. The molecule has 0 aliphatic carbocycles. The largest absolute Gasteiger partial charge is 0.480 e. The Morgan fingerprint density at radius 1 is 1.06 bits per heavy atom. The third-order valence-electron chi connectivity index (χ3n) is 5.37. The van der Waals surface area contributed by atoms with Gasteiger partial charge in [0.25, 0.3) is 0 Å². The number of aliphatic hydroxyl groups is 1. The zero-order chi connectivity index (χ0) is 23.9. The van der Waals surface area contributed by atoms with Crippen molar-refractivity contribution in [3.8, 4) is 0 Å². The van der Waals surface area contributed by atoms with Gasteiger partial charge in [0.15, 0.2) is 6.04 Å². The lowest BCUT2D eigenvalue weighted by molar-refractivity contribution is -0.146. The van der Waals surface area contributed by atoms with E-state index in [0.29, 0.717) is 32.4 Å². The number of hydrogen-bond donors (Lipinski definition) is 4. The molecule has 0 bridgehead atoms. The van der Waals surface area contributed by atoms with Crippen LogP contribution in [0.4, 0.5) is 4.79 Å². The first-order valence-electron chi connectivity index (χ1n) is 10.8. The summed E-state index contributed by atoms with van der Waals surface area (Å²) < 4.78 is 5.28. The number of hydrogen-bond acceptors (Lipinski definition) is 6. The van der Waals surface area contributed by atoms with Crippen LogP contribution < -0.4 is 10.6 Å². The van der Waals surface area contributed by atoms with Gasteiger partial charge in [0.2, 0.25) is 11.8 Å². The standard InChI is InChI=1S/C21H37N3O7/c1-7-12(2)15(23-20(30)31-21(4,5)6)18(27)24-10-8-14(9-11-24)17(26)22-16(13(3)25)19(28)29/h12-16,25H,7-11H2,1-6H3,(H,22,26)(H,23,30)(H,28,29)/t12-,13+,15-,16-/m0/s1. The molecule has 0 aromatic heterocycles. The summed E-state index contributed by atoms with van der Waals surface area (Å²) in [5, 5.41) is 23.7. The van der Waals surface area contributed by atoms with Crippen LogP contribution in [0, 0.1) is 11.8 Å². The fraction of sp³-hybridized carbons (Fsp3) is 0.810. The molecule has 1 heterocycles. The minimum absolute atomic E-state index is 0.108. The molecule has 0 saturated carbocycles. The molecule has 0 aromatic rings. The van der Waals surface area contributed by atoms with E-state index >= 15 is 0 Å². The highest BCUT2D eigenvalue weighted by Gasteiger charge is 2.36. The van der Waals surface area contributed by atoms with Crippen molar-refractivity contribution in [2.75, 3.05) is 13.1 Å². The van der Waals surface area contributed by atoms with Crippen LogP contribution >= 0.6 is 0 Å². The van der Waals surface area contributed by atoms with Crippen LogP contribution in [0.1, 0.15) is 60.8 Å². The van der Waals surface area contributed by atoms with Gasteiger partial charge >= 0.3 is 12.1 Å². The number of alkyl carbamates (subject to hydrolysis) is 1. The minimum atomic E-state index is -1.38. The lowest BCUT2D eigenvalue weighted by Gasteiger charge is -2.36. The summed E-state index contributed by atoms with van der Waals surface area (Å²) in [6, 6.07) is -2.11. The summed E-state index contributed by atoms with van der Waals surface area (Å²) in [7, 11) is 0. The van der Waals surface area contributed by atoms with E-state index in [2.05, 4.69) is 10.6 Å². The highest BCUT2D eigenvalue weighted by atomic mass is 16.6. The lowest BCUT2D eigenvalue weighted by atomic mass is 9.93. The van der Waals surface area contributed by atoms with Crippen LogP contribution in [0.25, 0.3) is 0 Å². The van der Waals surface area contributed by atoms with Crippen molar-refractivity contribution in [1.82, 2.24) is 15.5 Å². The maximum Gasteiger partial charge on any atom is 0.408 e. The number of carbonyl (C=O) groups is 4. The van der Waals surface area contributed by atoms with Crippen LogP contribution in [-0.4, -0.2) is 75.9 Å². The maximum absolute atomic E-state index is 13.1. The van der Waals surface area contributed by atoms with Crippen LogP contribution in [0.15, 0.2) is 0 Å². The van der Waals surface area contributed by atoms with E-state index < -0.39 is 47.7 Å². The van der Waals surface area contributed by atoms with Crippen LogP contribution in [0.5, 0.6) is 0 Å². The van der Waals surface area contributed by atoms with Gasteiger partial charge in [0.05, 0.1) is 6.10 Å². The summed E-state index contributed by atoms with van der Waals surface area (Å²) >= 11 is 0. The van der Waals surface area contributed by atoms with E-state index in [9.17, 15) is 24.3 Å². The highest BCUT2D eigenvalue weighted by molar-refractivity contribution is 5.87. The predicted octanol–water partition coefficient (Wildman–Crippen LogP) is 1.11. The molecule has 4 atom stereocenters. The second kappa shape index (κ2) is 11.3. The number of nitrogens with zero attached hydrogens (tertiary/aromatic N) is 1. The summed E-state index contributed by atoms with van der Waals surface area (Å²) in [6.07, 6.45) is -0.468. The number of likely N-dealkylation sites (tertiary alicyclic amines) is 1. The van der Waals surface area contributed by atoms with E-state index in [0.717, 1.165) is 0 Å². The first-order valence-corrected chi connectivity index (χ1v) is 10.8. The van der Waals surface area contributed by atoms with Gasteiger partial charge in [0.1, 0.15) is 11.6 Å². The SMILES string of the molecule is CC[C@H](C)[C@H](NC(=O)OC(C)(C)C)C(=O)N1CCC(C(=O)N[C@H](C(=O)O)[C@@H](C)O)CC1. The van der Waals surface area contributed by atoms with E-state index in [1.165, 1.54) is 6.92 Å². The number of aliphatic hydroxyl groups excluding tert-OH is 1. The molecule has 1 saturated heterocycles. The number of carboxylic acids is 1. The van der Waals surface area contributed by atoms with Crippen molar-refractivity contribution in [1.29, 1.82) is 0 Å². The summed E-state index contributed by atoms with van der Waals surface area (Å²) in [5.74, 6) is -2.55. The van der Waals surface area contributed by atoms with E-state index in [1.54, 1.807) is 25.7 Å². The molecule has 31 heavy (non-hydrogen) atoms. The Bertz CT molecular complexity index is 652. The number of amides is 3. The average Bonchev–Trinajstić information content (AvgIpc) is 2.67. The molecule has 1 fully saturated rings. The average molecular weight is 444 g/mol. The Morgan fingerprint density at radius 2 is 1.61 bits per heavy atom. The Morgan fingerprint density at radius 3 is 2.03 bits per heavy atom. The van der Waals surface area contributed by atoms with Gasteiger partial charge in [-0.3, -0.25) is 9.59 Å². The van der Waals surface area contributed by atoms with Crippen LogP contribution in [-0.2, 0) is 19.1 Å². The van der Waals surface area contributed by atoms with E-state index in [-0.39, 0.29) is 11.8 Å². The molecule has 0 spiro atoms. The molecule has 0 aromatic carbocycles. The Labute approximate surface area is 183 Å². The number of aliphatic carboxylic acids is 1. The fourth-order valence-electron chi connectivity index (χ4n) is 3.34. The number of piperidine rings is 1. The van der Waals surface area contributed by atoms with Gasteiger partial charge in [-0.05, 0) is 46.5 Å². The van der Waals surface area contributed by atoms with Crippen molar-refractivity contribution >= 4 is 23.9 Å². The normalized spacial score (nSPS) is 19.0. The van der Waals surface area contributed by atoms with Gasteiger partial charge in [0, 0.05) is 19.0 Å². The molecule has 1 aliphatic heterocycles. The fourth-order valence-corrected chi connectivity index (χ4v) is 3.34. The quantitative estimate of drug-likeness (QED) is 0.440. The van der Waals surface area contributed by atoms with Crippen molar-refractivity contribution in [3.05, 3.63) is 0 Å². The molecule has 1 rings (SSSR count). The second-order valence-electron chi connectivity index (χ2n) is 9.17. The maximum atomic E-state index is 13.1. The van der Waals surface area contributed by atoms with Gasteiger partial charge < -0.3 is 30.5 Å². The Hall–Kier alpha value is -2.36.